The van der Waals surface area contributed by atoms with E-state index < -0.39 is 10.0 Å². The van der Waals surface area contributed by atoms with Crippen LogP contribution in [0.1, 0.15) is 16.7 Å². The van der Waals surface area contributed by atoms with E-state index in [9.17, 15) is 8.42 Å². The predicted molar refractivity (Wildman–Crippen MR) is 78.4 cm³/mol. The molecule has 5 nitrogen and oxygen atoms in total. The van der Waals surface area contributed by atoms with Gasteiger partial charge in [-0.3, -0.25) is 9.71 Å². The van der Waals surface area contributed by atoms with Crippen molar-refractivity contribution in [1.82, 2.24) is 5.32 Å². The summed E-state index contributed by atoms with van der Waals surface area (Å²) in [7, 11) is -3.26. The van der Waals surface area contributed by atoms with Crippen LogP contribution in [0.4, 0.5) is 5.69 Å². The minimum atomic E-state index is -3.26. The maximum Gasteiger partial charge on any atom is 0.229 e. The second kappa shape index (κ2) is 5.21. The van der Waals surface area contributed by atoms with E-state index >= 15 is 0 Å². The van der Waals surface area contributed by atoms with Gasteiger partial charge in [-0.2, -0.15) is 0 Å². The van der Waals surface area contributed by atoms with Gasteiger partial charge in [-0.1, -0.05) is 12.1 Å². The fourth-order valence-electron chi connectivity index (χ4n) is 2.17. The molecule has 0 saturated carbocycles. The summed E-state index contributed by atoms with van der Waals surface area (Å²) in [4.78, 5) is 4.37. The molecule has 0 spiro atoms. The number of hydrogen-bond donors (Lipinski definition) is 2. The first-order chi connectivity index (χ1) is 8.87. The Labute approximate surface area is 114 Å². The van der Waals surface area contributed by atoms with Crippen LogP contribution in [0.3, 0.4) is 0 Å². The molecular weight excluding hydrogens is 262 g/mol. The first-order valence-corrected chi connectivity index (χ1v) is 8.10. The Hall–Kier alpha value is -1.56. The molecule has 6 heteroatoms. The number of aryl methyl sites for hydroxylation is 1. The van der Waals surface area contributed by atoms with E-state index in [-0.39, 0.29) is 0 Å². The zero-order valence-corrected chi connectivity index (χ0v) is 12.3. The highest BCUT2D eigenvalue weighted by Gasteiger charge is 2.13. The van der Waals surface area contributed by atoms with Crippen LogP contribution in [0.5, 0.6) is 0 Å². The molecule has 1 aromatic rings. The summed E-state index contributed by atoms with van der Waals surface area (Å²) in [6.07, 6.45) is 1.88. The van der Waals surface area contributed by atoms with Crippen LogP contribution in [-0.2, 0) is 16.4 Å². The first kappa shape index (κ1) is 13.9. The Balaban J connectivity index is 2.33. The summed E-state index contributed by atoms with van der Waals surface area (Å²) < 4.78 is 25.4. The summed E-state index contributed by atoms with van der Waals surface area (Å²) in [5, 5.41) is 3.23. The van der Waals surface area contributed by atoms with Crippen LogP contribution >= 0.6 is 0 Å². The van der Waals surface area contributed by atoms with Crippen molar-refractivity contribution in [1.29, 1.82) is 0 Å². The van der Waals surface area contributed by atoms with Gasteiger partial charge < -0.3 is 5.32 Å². The molecule has 0 unspecified atom stereocenters. The van der Waals surface area contributed by atoms with Gasteiger partial charge in [0.2, 0.25) is 10.0 Å². The van der Waals surface area contributed by atoms with E-state index in [1.165, 1.54) is 6.26 Å². The molecule has 0 saturated heterocycles. The topological polar surface area (TPSA) is 70.6 Å². The molecule has 0 radical (unpaired) electrons. The fourth-order valence-corrected chi connectivity index (χ4v) is 2.85. The Bertz CT molecular complexity index is 621. The third kappa shape index (κ3) is 3.47. The normalized spacial score (nSPS) is 15.0. The number of rotatable bonds is 4. The van der Waals surface area contributed by atoms with Crippen molar-refractivity contribution in [2.75, 3.05) is 24.1 Å². The molecule has 2 rings (SSSR count). The third-order valence-electron chi connectivity index (χ3n) is 3.17. The number of anilines is 1. The number of sulfonamides is 1. The third-order valence-corrected chi connectivity index (χ3v) is 3.75. The largest absolute Gasteiger partial charge is 0.372 e. The summed E-state index contributed by atoms with van der Waals surface area (Å²) >= 11 is 0. The molecule has 0 bridgehead atoms. The number of aliphatic imine (C=N–C) groups is 1. The predicted octanol–water partition coefficient (Wildman–Crippen LogP) is 1.22. The van der Waals surface area contributed by atoms with E-state index in [0.717, 1.165) is 35.6 Å². The molecule has 104 valence electrons. The van der Waals surface area contributed by atoms with Crippen molar-refractivity contribution in [3.05, 3.63) is 28.8 Å². The van der Waals surface area contributed by atoms with Gasteiger partial charge in [0.15, 0.2) is 0 Å². The number of amidine groups is 1. The van der Waals surface area contributed by atoms with Gasteiger partial charge in [0.1, 0.15) is 5.84 Å². The Morgan fingerprint density at radius 3 is 2.68 bits per heavy atom. The molecule has 1 aliphatic rings. The van der Waals surface area contributed by atoms with E-state index in [2.05, 4.69) is 15.0 Å². The quantitative estimate of drug-likeness (QED) is 0.871. The average molecular weight is 281 g/mol. The van der Waals surface area contributed by atoms with Gasteiger partial charge in [-0.05, 0) is 30.5 Å². The molecule has 2 N–H and O–H groups in total. The van der Waals surface area contributed by atoms with Crippen molar-refractivity contribution in [3.8, 4) is 0 Å². The van der Waals surface area contributed by atoms with E-state index in [0.29, 0.717) is 12.1 Å². The zero-order chi connectivity index (χ0) is 14.0. The number of benzene rings is 1. The molecule has 1 aromatic carbocycles. The summed E-state index contributed by atoms with van der Waals surface area (Å²) in [5.74, 6) is 0.970. The molecule has 1 heterocycles. The molecular formula is C13H19N3O2S. The SMILES string of the molecule is Cc1ccc(CC2=NCCN2)c(C)c1NS(C)(=O)=O. The number of nitrogens with zero attached hydrogens (tertiary/aromatic N) is 1. The lowest BCUT2D eigenvalue weighted by Gasteiger charge is -2.15. The van der Waals surface area contributed by atoms with Crippen LogP contribution in [-0.4, -0.2) is 33.6 Å². The molecule has 0 atom stereocenters. The lowest BCUT2D eigenvalue weighted by atomic mass is 10.0. The summed E-state index contributed by atoms with van der Waals surface area (Å²) in [6.45, 7) is 5.53. The van der Waals surface area contributed by atoms with Crippen LogP contribution in [0.15, 0.2) is 17.1 Å². The van der Waals surface area contributed by atoms with Crippen LogP contribution in [0.25, 0.3) is 0 Å². The van der Waals surface area contributed by atoms with E-state index in [4.69, 9.17) is 0 Å². The van der Waals surface area contributed by atoms with Crippen molar-refractivity contribution < 1.29 is 8.42 Å². The van der Waals surface area contributed by atoms with Crippen LogP contribution in [0.2, 0.25) is 0 Å². The average Bonchev–Trinajstić information content (AvgIpc) is 2.80. The van der Waals surface area contributed by atoms with Crippen molar-refractivity contribution in [2.24, 2.45) is 4.99 Å². The maximum absolute atomic E-state index is 11.4. The highest BCUT2D eigenvalue weighted by molar-refractivity contribution is 7.92. The van der Waals surface area contributed by atoms with Gasteiger partial charge in [0.05, 0.1) is 18.5 Å². The number of hydrogen-bond acceptors (Lipinski definition) is 4. The van der Waals surface area contributed by atoms with Crippen molar-refractivity contribution >= 4 is 21.5 Å². The van der Waals surface area contributed by atoms with E-state index in [1.807, 2.05) is 26.0 Å². The highest BCUT2D eigenvalue weighted by atomic mass is 32.2. The van der Waals surface area contributed by atoms with Gasteiger partial charge in [0, 0.05) is 13.0 Å². The molecule has 0 aromatic heterocycles. The van der Waals surface area contributed by atoms with Gasteiger partial charge in [-0.15, -0.1) is 0 Å². The standard InChI is InChI=1S/C13H19N3O2S/c1-9-4-5-11(8-12-14-6-7-15-12)10(2)13(9)16-19(3,17)18/h4-5,16H,6-8H2,1-3H3,(H,14,15). The highest BCUT2D eigenvalue weighted by Crippen LogP contribution is 2.25. The lowest BCUT2D eigenvalue weighted by molar-refractivity contribution is 0.606. The molecule has 19 heavy (non-hydrogen) atoms. The van der Waals surface area contributed by atoms with Gasteiger partial charge in [0.25, 0.3) is 0 Å². The minimum Gasteiger partial charge on any atom is -0.372 e. The molecule has 1 aliphatic heterocycles. The monoisotopic (exact) mass is 281 g/mol. The molecule has 0 fully saturated rings. The minimum absolute atomic E-state index is 0.679. The Morgan fingerprint density at radius 1 is 1.37 bits per heavy atom. The fraction of sp³-hybridized carbons (Fsp3) is 0.462. The zero-order valence-electron chi connectivity index (χ0n) is 11.4. The Morgan fingerprint density at radius 2 is 2.11 bits per heavy atom. The van der Waals surface area contributed by atoms with Crippen LogP contribution < -0.4 is 10.0 Å². The van der Waals surface area contributed by atoms with Gasteiger partial charge >= 0.3 is 0 Å². The molecule has 0 aliphatic carbocycles. The second-order valence-corrected chi connectivity index (χ2v) is 6.60. The number of nitrogens with one attached hydrogen (secondary N) is 2. The van der Waals surface area contributed by atoms with E-state index in [1.54, 1.807) is 0 Å². The lowest BCUT2D eigenvalue weighted by Crippen LogP contribution is -2.21. The van der Waals surface area contributed by atoms with Crippen molar-refractivity contribution in [2.45, 2.75) is 20.3 Å². The van der Waals surface area contributed by atoms with Gasteiger partial charge in [-0.25, -0.2) is 8.42 Å². The molecule has 0 amide bonds. The summed E-state index contributed by atoms with van der Waals surface area (Å²) in [6, 6.07) is 3.96. The summed E-state index contributed by atoms with van der Waals surface area (Å²) in [5.41, 5.74) is 3.65. The first-order valence-electron chi connectivity index (χ1n) is 6.21. The van der Waals surface area contributed by atoms with Crippen LogP contribution in [0, 0.1) is 13.8 Å². The van der Waals surface area contributed by atoms with Crippen molar-refractivity contribution in [3.63, 3.8) is 0 Å². The maximum atomic E-state index is 11.4. The smallest absolute Gasteiger partial charge is 0.229 e. The second-order valence-electron chi connectivity index (χ2n) is 4.85. The Kier molecular flexibility index (Phi) is 3.80.